The molecule has 0 aliphatic carbocycles. The molecular weight excluding hydrogens is 343 g/mol. The Kier molecular flexibility index (Phi) is 5.46. The van der Waals surface area contributed by atoms with Gasteiger partial charge in [0.15, 0.2) is 5.76 Å². The van der Waals surface area contributed by atoms with E-state index in [9.17, 15) is 9.18 Å². The number of hydrogen-bond acceptors (Lipinski definition) is 3. The van der Waals surface area contributed by atoms with Crippen LogP contribution in [0.25, 0.3) is 11.5 Å². The standard InChI is InChI=1S/C19H16ClFN2O2/c20-15-5-3-13(10-16(15)21)4-6-19(24)23-12-14-7-8-22-17(11-14)18-2-1-9-25-18/h1-3,5,7-11H,4,6,12H2,(H,23,24). The van der Waals surface area contributed by atoms with Gasteiger partial charge in [-0.3, -0.25) is 9.78 Å². The second-order valence-electron chi connectivity index (χ2n) is 5.55. The number of aromatic nitrogens is 1. The van der Waals surface area contributed by atoms with Crippen molar-refractivity contribution in [3.63, 3.8) is 0 Å². The lowest BCUT2D eigenvalue weighted by molar-refractivity contribution is -0.121. The lowest BCUT2D eigenvalue weighted by Gasteiger charge is -2.07. The minimum atomic E-state index is -0.471. The van der Waals surface area contributed by atoms with Gasteiger partial charge in [0, 0.05) is 19.2 Å². The fourth-order valence-corrected chi connectivity index (χ4v) is 2.50. The fraction of sp³-hybridized carbons (Fsp3) is 0.158. The highest BCUT2D eigenvalue weighted by atomic mass is 35.5. The van der Waals surface area contributed by atoms with Crippen molar-refractivity contribution >= 4 is 17.5 Å². The van der Waals surface area contributed by atoms with E-state index in [-0.39, 0.29) is 17.4 Å². The Labute approximate surface area is 149 Å². The van der Waals surface area contributed by atoms with Crippen molar-refractivity contribution < 1.29 is 13.6 Å². The minimum Gasteiger partial charge on any atom is -0.463 e. The van der Waals surface area contributed by atoms with Gasteiger partial charge < -0.3 is 9.73 Å². The van der Waals surface area contributed by atoms with Crippen molar-refractivity contribution in [3.8, 4) is 11.5 Å². The van der Waals surface area contributed by atoms with E-state index >= 15 is 0 Å². The molecule has 128 valence electrons. The smallest absolute Gasteiger partial charge is 0.220 e. The number of halogens is 2. The van der Waals surface area contributed by atoms with Crippen LogP contribution in [0.4, 0.5) is 4.39 Å². The van der Waals surface area contributed by atoms with Gasteiger partial charge in [0.25, 0.3) is 0 Å². The maximum Gasteiger partial charge on any atom is 0.220 e. The Morgan fingerprint density at radius 3 is 2.84 bits per heavy atom. The first kappa shape index (κ1) is 17.2. The van der Waals surface area contributed by atoms with Crippen molar-refractivity contribution in [2.24, 2.45) is 0 Å². The summed E-state index contributed by atoms with van der Waals surface area (Å²) in [6, 6.07) is 11.9. The molecular formula is C19H16ClFN2O2. The summed E-state index contributed by atoms with van der Waals surface area (Å²) in [7, 11) is 0. The van der Waals surface area contributed by atoms with Crippen LogP contribution in [-0.2, 0) is 17.8 Å². The summed E-state index contributed by atoms with van der Waals surface area (Å²) in [5.41, 5.74) is 2.38. The molecule has 3 aromatic rings. The third kappa shape index (κ3) is 4.67. The molecule has 1 amide bonds. The minimum absolute atomic E-state index is 0.0817. The average molecular weight is 359 g/mol. The maximum absolute atomic E-state index is 13.4. The maximum atomic E-state index is 13.4. The number of nitrogens with one attached hydrogen (secondary N) is 1. The van der Waals surface area contributed by atoms with Crippen LogP contribution in [0.2, 0.25) is 5.02 Å². The SMILES string of the molecule is O=C(CCc1ccc(Cl)c(F)c1)NCc1ccnc(-c2ccco2)c1. The summed E-state index contributed by atoms with van der Waals surface area (Å²) in [5.74, 6) is 0.103. The number of carbonyl (C=O) groups is 1. The zero-order valence-corrected chi connectivity index (χ0v) is 14.1. The Morgan fingerprint density at radius 1 is 1.20 bits per heavy atom. The molecule has 25 heavy (non-hydrogen) atoms. The van der Waals surface area contributed by atoms with Gasteiger partial charge in [0.2, 0.25) is 5.91 Å². The Bertz CT molecular complexity index is 866. The number of furan rings is 1. The highest BCUT2D eigenvalue weighted by Gasteiger charge is 2.07. The van der Waals surface area contributed by atoms with Crippen LogP contribution in [0.1, 0.15) is 17.5 Å². The van der Waals surface area contributed by atoms with Crippen molar-refractivity contribution in [1.29, 1.82) is 0 Å². The van der Waals surface area contributed by atoms with Crippen LogP contribution in [0, 0.1) is 5.82 Å². The number of pyridine rings is 1. The van der Waals surface area contributed by atoms with Gasteiger partial charge in [0.1, 0.15) is 11.5 Å². The van der Waals surface area contributed by atoms with Crippen LogP contribution >= 0.6 is 11.6 Å². The fourth-order valence-electron chi connectivity index (χ4n) is 2.39. The van der Waals surface area contributed by atoms with Gasteiger partial charge in [-0.1, -0.05) is 17.7 Å². The highest BCUT2D eigenvalue weighted by molar-refractivity contribution is 6.30. The molecule has 0 saturated carbocycles. The molecule has 1 aromatic carbocycles. The van der Waals surface area contributed by atoms with E-state index < -0.39 is 5.82 Å². The summed E-state index contributed by atoms with van der Waals surface area (Å²) >= 11 is 5.64. The number of rotatable bonds is 6. The molecule has 3 rings (SSSR count). The highest BCUT2D eigenvalue weighted by Crippen LogP contribution is 2.18. The van der Waals surface area contributed by atoms with Crippen molar-refractivity contribution in [3.05, 3.63) is 76.9 Å². The molecule has 0 fully saturated rings. The number of nitrogens with zero attached hydrogens (tertiary/aromatic N) is 1. The average Bonchev–Trinajstić information content (AvgIpc) is 3.16. The van der Waals surface area contributed by atoms with E-state index in [1.165, 1.54) is 12.1 Å². The second-order valence-corrected chi connectivity index (χ2v) is 5.96. The van der Waals surface area contributed by atoms with Crippen LogP contribution < -0.4 is 5.32 Å². The number of carbonyl (C=O) groups excluding carboxylic acids is 1. The first-order chi connectivity index (χ1) is 12.1. The zero-order chi connectivity index (χ0) is 17.6. The van der Waals surface area contributed by atoms with Crippen molar-refractivity contribution in [1.82, 2.24) is 10.3 Å². The van der Waals surface area contributed by atoms with E-state index in [1.54, 1.807) is 24.6 Å². The van der Waals surface area contributed by atoms with Crippen LogP contribution in [-0.4, -0.2) is 10.9 Å². The lowest BCUT2D eigenvalue weighted by Crippen LogP contribution is -2.23. The van der Waals surface area contributed by atoms with Gasteiger partial charge >= 0.3 is 0 Å². The van der Waals surface area contributed by atoms with Crippen LogP contribution in [0.3, 0.4) is 0 Å². The second kappa shape index (κ2) is 7.94. The first-order valence-corrected chi connectivity index (χ1v) is 8.19. The molecule has 0 radical (unpaired) electrons. The van der Waals surface area contributed by atoms with E-state index in [4.69, 9.17) is 16.0 Å². The number of benzene rings is 1. The van der Waals surface area contributed by atoms with Gasteiger partial charge in [-0.2, -0.15) is 0 Å². The summed E-state index contributed by atoms with van der Waals surface area (Å²) in [5, 5.41) is 2.93. The molecule has 0 unspecified atom stereocenters. The molecule has 0 aliphatic heterocycles. The van der Waals surface area contributed by atoms with Crippen molar-refractivity contribution in [2.45, 2.75) is 19.4 Å². The number of aryl methyl sites for hydroxylation is 1. The zero-order valence-electron chi connectivity index (χ0n) is 13.3. The monoisotopic (exact) mass is 358 g/mol. The van der Waals surface area contributed by atoms with E-state index in [0.717, 1.165) is 11.1 Å². The molecule has 4 nitrogen and oxygen atoms in total. The molecule has 2 heterocycles. The molecule has 6 heteroatoms. The van der Waals surface area contributed by atoms with Crippen LogP contribution in [0.5, 0.6) is 0 Å². The predicted molar refractivity (Wildman–Crippen MR) is 93.5 cm³/mol. The normalized spacial score (nSPS) is 10.6. The molecule has 2 aromatic heterocycles. The largest absolute Gasteiger partial charge is 0.463 e. The summed E-state index contributed by atoms with van der Waals surface area (Å²) in [4.78, 5) is 16.2. The molecule has 0 saturated heterocycles. The number of amides is 1. The van der Waals surface area contributed by atoms with Crippen LogP contribution in [0.15, 0.2) is 59.3 Å². The Hall–Kier alpha value is -2.66. The summed E-state index contributed by atoms with van der Waals surface area (Å²) in [6.45, 7) is 0.393. The topological polar surface area (TPSA) is 55.1 Å². The van der Waals surface area contributed by atoms with Gasteiger partial charge in [0.05, 0.1) is 11.3 Å². The van der Waals surface area contributed by atoms with Gasteiger partial charge in [-0.25, -0.2) is 4.39 Å². The summed E-state index contributed by atoms with van der Waals surface area (Å²) in [6.07, 6.45) is 3.99. The molecule has 1 N–H and O–H groups in total. The van der Waals surface area contributed by atoms with E-state index in [2.05, 4.69) is 10.3 Å². The van der Waals surface area contributed by atoms with Crippen molar-refractivity contribution in [2.75, 3.05) is 0 Å². The third-order valence-electron chi connectivity index (χ3n) is 3.71. The van der Waals surface area contributed by atoms with E-state index in [0.29, 0.717) is 24.4 Å². The molecule has 0 aliphatic rings. The molecule has 0 bridgehead atoms. The third-order valence-corrected chi connectivity index (χ3v) is 4.02. The summed E-state index contributed by atoms with van der Waals surface area (Å²) < 4.78 is 18.7. The first-order valence-electron chi connectivity index (χ1n) is 7.81. The predicted octanol–water partition coefficient (Wildman–Crippen LogP) is 4.38. The number of hydrogen-bond donors (Lipinski definition) is 1. The van der Waals surface area contributed by atoms with E-state index in [1.807, 2.05) is 18.2 Å². The quantitative estimate of drug-likeness (QED) is 0.711. The lowest BCUT2D eigenvalue weighted by atomic mass is 10.1. The van der Waals surface area contributed by atoms with Gasteiger partial charge in [-0.15, -0.1) is 0 Å². The molecule has 0 atom stereocenters. The molecule has 0 spiro atoms. The Morgan fingerprint density at radius 2 is 2.08 bits per heavy atom. The Balaban J connectivity index is 1.52. The van der Waals surface area contributed by atoms with Gasteiger partial charge in [-0.05, 0) is 53.9 Å².